The number of hydrogen-bond acceptors (Lipinski definition) is 10. The van der Waals surface area contributed by atoms with Gasteiger partial charge in [0.2, 0.25) is 0 Å². The maximum atomic E-state index is 8.25. The molecule has 0 unspecified atom stereocenters. The Hall–Kier alpha value is -1.30. The molecule has 1 radical (unpaired) electrons. The summed E-state index contributed by atoms with van der Waals surface area (Å²) in [4.78, 5) is 24.8. The molecule has 0 bridgehead atoms. The molecule has 0 rings (SSSR count). The molecular formula is C2H18CeN3O16. The monoisotopic (exact) mass is 480 g/mol. The summed E-state index contributed by atoms with van der Waals surface area (Å²) in [5, 5.41) is 51.8. The van der Waals surface area contributed by atoms with E-state index in [4.69, 9.17) is 51.1 Å². The Morgan fingerprint density at radius 1 is 0.636 bits per heavy atom. The zero-order valence-electron chi connectivity index (χ0n) is 10.7. The Morgan fingerprint density at radius 2 is 0.636 bits per heavy atom. The van der Waals surface area contributed by atoms with Crippen LogP contribution in [0.25, 0.3) is 0 Å². The van der Waals surface area contributed by atoms with Gasteiger partial charge in [-0.15, -0.1) is 0 Å². The van der Waals surface area contributed by atoms with E-state index in [0.717, 1.165) is 0 Å². The van der Waals surface area contributed by atoms with Crippen molar-refractivity contribution in [1.29, 1.82) is 0 Å². The Morgan fingerprint density at radius 3 is 0.636 bits per heavy atom. The van der Waals surface area contributed by atoms with E-state index in [0.29, 0.717) is 0 Å². The zero-order valence-corrected chi connectivity index (χ0v) is 13.8. The fourth-order valence-corrected chi connectivity index (χ4v) is 0. The van der Waals surface area contributed by atoms with E-state index in [2.05, 4.69) is 0 Å². The van der Waals surface area contributed by atoms with Gasteiger partial charge in [0.1, 0.15) is 0 Å². The second-order valence-corrected chi connectivity index (χ2v) is 0.987. The van der Waals surface area contributed by atoms with E-state index in [1.807, 2.05) is 0 Å². The summed E-state index contributed by atoms with van der Waals surface area (Å²) in [5.41, 5.74) is 0. The van der Waals surface area contributed by atoms with Gasteiger partial charge in [-0.3, -0.25) is 0 Å². The van der Waals surface area contributed by atoms with Crippen molar-refractivity contribution < 1.29 is 95.0 Å². The van der Waals surface area contributed by atoms with Crippen LogP contribution >= 0.6 is 0 Å². The molecule has 0 aliphatic heterocycles. The normalized spacial score (nSPS) is 4.09. The number of nitrogens with zero attached hydrogens (tertiary/aromatic N) is 3. The molecule has 0 aliphatic carbocycles. The minimum Gasteiger partial charge on any atom is -0.412 e. The third-order valence-corrected chi connectivity index (χ3v) is 0. The summed E-state index contributed by atoms with van der Waals surface area (Å²) >= 11 is 0. The van der Waals surface area contributed by atoms with Gasteiger partial charge in [-0.2, -0.15) is 0 Å². The second kappa shape index (κ2) is 91.0. The summed E-state index contributed by atoms with van der Waals surface area (Å²) in [6, 6.07) is 0. The predicted octanol–water partition coefficient (Wildman–Crippen LogP) is -5.67. The molecule has 0 aromatic rings. The van der Waals surface area contributed by atoms with Crippen LogP contribution < -0.4 is 0 Å². The molecule has 0 aliphatic rings. The summed E-state index contributed by atoms with van der Waals surface area (Å²) < 4.78 is 0. The fraction of sp³-hybridized carbons (Fsp3) is 1.00. The third-order valence-electron chi connectivity index (χ3n) is 0. The number of rotatable bonds is 0. The van der Waals surface area contributed by atoms with Crippen LogP contribution in [-0.4, -0.2) is 59.8 Å². The van der Waals surface area contributed by atoms with Crippen LogP contribution in [0.3, 0.4) is 0 Å². The zero-order chi connectivity index (χ0) is 13.4. The number of aliphatic hydroxyl groups is 1. The molecule has 0 aromatic heterocycles. The van der Waals surface area contributed by atoms with E-state index in [9.17, 15) is 0 Å². The molecule has 141 valence electrons. The molecule has 0 amide bonds. The van der Waals surface area contributed by atoms with Gasteiger partial charge in [0.05, 0.1) is 15.3 Å². The minimum absolute atomic E-state index is 0. The Kier molecular flexibility index (Phi) is 353. The molecule has 0 saturated carbocycles. The van der Waals surface area contributed by atoms with Gasteiger partial charge >= 0.3 is 41.7 Å². The van der Waals surface area contributed by atoms with E-state index in [1.54, 1.807) is 6.92 Å². The van der Waals surface area contributed by atoms with Crippen LogP contribution in [-0.2, 0) is 0 Å². The molecule has 0 spiro atoms. The Balaban J connectivity index is -0.00000000740. The van der Waals surface area contributed by atoms with Gasteiger partial charge < -0.3 is 83.9 Å². The number of hydrogen-bond donors (Lipinski definition) is 1. The van der Waals surface area contributed by atoms with Gasteiger partial charge in [0.25, 0.3) is 0 Å². The molecule has 0 atom stereocenters. The summed E-state index contributed by atoms with van der Waals surface area (Å²) in [6.07, 6.45) is 0. The van der Waals surface area contributed by atoms with Crippen molar-refractivity contribution in [3.63, 3.8) is 0 Å². The van der Waals surface area contributed by atoms with Gasteiger partial charge in [-0.25, -0.2) is 0 Å². The summed E-state index contributed by atoms with van der Waals surface area (Å²) in [6.45, 7) is 1.93. The first kappa shape index (κ1) is 85.4. The second-order valence-electron chi connectivity index (χ2n) is 0.987. The fourth-order valence-electron chi connectivity index (χ4n) is 0. The van der Waals surface area contributed by atoms with Crippen LogP contribution in [0.2, 0.25) is 0 Å². The van der Waals surface area contributed by atoms with Crippen molar-refractivity contribution in [3.05, 3.63) is 46.0 Å². The van der Waals surface area contributed by atoms with Crippen molar-refractivity contribution in [2.75, 3.05) is 6.61 Å². The molecule has 20 heteroatoms. The summed E-state index contributed by atoms with van der Waals surface area (Å²) in [5.74, 6) is 0. The first-order chi connectivity index (χ1) is 6.61. The first-order valence-corrected chi connectivity index (χ1v) is 2.67. The van der Waals surface area contributed by atoms with Gasteiger partial charge in [0, 0.05) is 6.61 Å². The molecule has 0 fully saturated rings. The predicted molar refractivity (Wildman–Crippen MR) is 65.5 cm³/mol. The maximum Gasteiger partial charge on any atom is 3.00 e. The molecule has 0 heterocycles. The van der Waals surface area contributed by atoms with Gasteiger partial charge in [0.15, 0.2) is 0 Å². The SMILES string of the molecule is CCO.O.O.O.O.O.O.O=[N+]([O-])[O-].O=[N+]([O-])[O-].O=[N+]([O-])[O-].[Ce+3]. The first-order valence-electron chi connectivity index (χ1n) is 2.67. The van der Waals surface area contributed by atoms with Crippen molar-refractivity contribution >= 4 is 0 Å². The van der Waals surface area contributed by atoms with E-state index in [-0.39, 0.29) is 81.2 Å². The number of aliphatic hydroxyl groups excluding tert-OH is 1. The topological polar surface area (TPSA) is 408 Å². The van der Waals surface area contributed by atoms with Crippen LogP contribution in [0.1, 0.15) is 6.92 Å². The molecule has 19 nitrogen and oxygen atoms in total. The molecule has 13 N–H and O–H groups in total. The molecule has 0 aromatic carbocycles. The van der Waals surface area contributed by atoms with Crippen LogP contribution in [0, 0.1) is 87.7 Å². The average Bonchev–Trinajstić information content (AvgIpc) is 1.81. The quantitative estimate of drug-likeness (QED) is 0.253. The van der Waals surface area contributed by atoms with Gasteiger partial charge in [-0.1, -0.05) is 0 Å². The molecular weight excluding hydrogens is 462 g/mol. The molecule has 22 heavy (non-hydrogen) atoms. The van der Waals surface area contributed by atoms with Crippen LogP contribution in [0.15, 0.2) is 0 Å². The minimum atomic E-state index is -1.75. The van der Waals surface area contributed by atoms with Crippen molar-refractivity contribution in [1.82, 2.24) is 0 Å². The largest absolute Gasteiger partial charge is 3.00 e. The average molecular weight is 480 g/mol. The van der Waals surface area contributed by atoms with Crippen molar-refractivity contribution in [2.45, 2.75) is 6.92 Å². The maximum absolute atomic E-state index is 8.25. The van der Waals surface area contributed by atoms with Crippen molar-refractivity contribution in [3.8, 4) is 0 Å². The summed E-state index contributed by atoms with van der Waals surface area (Å²) in [7, 11) is 0. The third kappa shape index (κ3) is 3450. The van der Waals surface area contributed by atoms with Crippen LogP contribution in [0.5, 0.6) is 0 Å². The van der Waals surface area contributed by atoms with Crippen molar-refractivity contribution in [2.24, 2.45) is 0 Å². The van der Waals surface area contributed by atoms with Crippen LogP contribution in [0.4, 0.5) is 0 Å². The Labute approximate surface area is 154 Å². The smallest absolute Gasteiger partial charge is 0.412 e. The standard InChI is InChI=1S/C2H6O.Ce.3NO3.6H2O/c1-2-3;;3*2-1(3)4;;;;;;/h3H,2H2,1H3;;;;;6*1H2/q;+3;3*-1;;;;;;. The van der Waals surface area contributed by atoms with E-state index < -0.39 is 15.3 Å². The molecule has 0 saturated heterocycles. The van der Waals surface area contributed by atoms with E-state index >= 15 is 0 Å². The van der Waals surface area contributed by atoms with E-state index in [1.165, 1.54) is 0 Å². The van der Waals surface area contributed by atoms with Gasteiger partial charge in [-0.05, 0) is 6.92 Å². The Bertz CT molecular complexity index is 136.